The van der Waals surface area contributed by atoms with E-state index in [1.54, 1.807) is 23.0 Å². The van der Waals surface area contributed by atoms with Gasteiger partial charge in [0, 0.05) is 25.2 Å². The summed E-state index contributed by atoms with van der Waals surface area (Å²) in [5, 5.41) is 13.7. The number of aryl methyl sites for hydroxylation is 2. The molecule has 0 aliphatic rings. The second-order valence-electron chi connectivity index (χ2n) is 3.78. The molecule has 0 aliphatic heterocycles. The van der Waals surface area contributed by atoms with Crippen molar-refractivity contribution < 1.29 is 9.90 Å². The van der Waals surface area contributed by atoms with Gasteiger partial charge >= 0.3 is 5.97 Å². The van der Waals surface area contributed by atoms with Crippen molar-refractivity contribution in [1.82, 2.24) is 14.8 Å². The minimum Gasteiger partial charge on any atom is -0.478 e. The van der Waals surface area contributed by atoms with Crippen molar-refractivity contribution >= 4 is 17.7 Å². The number of thioether (sulfide) groups is 1. The summed E-state index contributed by atoms with van der Waals surface area (Å²) in [5.74, 6) is -0.157. The van der Waals surface area contributed by atoms with Crippen LogP contribution in [0, 0.1) is 0 Å². The second kappa shape index (κ2) is 5.68. The highest BCUT2D eigenvalue weighted by molar-refractivity contribution is 7.99. The van der Waals surface area contributed by atoms with E-state index in [-0.39, 0.29) is 5.56 Å². The van der Waals surface area contributed by atoms with E-state index in [0.717, 1.165) is 17.7 Å². The van der Waals surface area contributed by atoms with E-state index in [4.69, 9.17) is 5.11 Å². The average molecular weight is 263 g/mol. The summed E-state index contributed by atoms with van der Waals surface area (Å²) in [6, 6.07) is 3.20. The second-order valence-corrected chi connectivity index (χ2v) is 4.87. The van der Waals surface area contributed by atoms with E-state index < -0.39 is 5.97 Å². The molecule has 94 valence electrons. The summed E-state index contributed by atoms with van der Waals surface area (Å²) in [5.41, 5.74) is 1.39. The molecule has 2 rings (SSSR count). The number of hydrogen-bond donors (Lipinski definition) is 1. The van der Waals surface area contributed by atoms with Gasteiger partial charge in [-0.2, -0.15) is 5.10 Å². The number of aromatic carboxylic acids is 1. The highest BCUT2D eigenvalue weighted by Crippen LogP contribution is 2.20. The summed E-state index contributed by atoms with van der Waals surface area (Å²) >= 11 is 1.45. The smallest absolute Gasteiger partial charge is 0.338 e. The van der Waals surface area contributed by atoms with Crippen LogP contribution in [0.4, 0.5) is 0 Å². The standard InChI is InChI=1S/C12H13N3O2S/c1-15-8-9(7-14-15)4-6-18-11-10(12(16)17)3-2-5-13-11/h2-3,5,7-8H,4,6H2,1H3,(H,16,17). The van der Waals surface area contributed by atoms with Crippen LogP contribution < -0.4 is 0 Å². The van der Waals surface area contributed by atoms with Crippen molar-refractivity contribution in [3.05, 3.63) is 41.9 Å². The number of carboxylic acid groups (broad SMARTS) is 1. The molecule has 2 aromatic heterocycles. The molecule has 0 atom stereocenters. The van der Waals surface area contributed by atoms with E-state index in [0.29, 0.717) is 5.03 Å². The van der Waals surface area contributed by atoms with Gasteiger partial charge in [-0.3, -0.25) is 4.68 Å². The van der Waals surface area contributed by atoms with Crippen LogP contribution in [-0.4, -0.2) is 31.6 Å². The molecular weight excluding hydrogens is 250 g/mol. The molecule has 5 nitrogen and oxygen atoms in total. The number of carboxylic acids is 1. The minimum absolute atomic E-state index is 0.258. The SMILES string of the molecule is Cn1cc(CCSc2ncccc2C(=O)O)cn1. The molecule has 0 radical (unpaired) electrons. The van der Waals surface area contributed by atoms with Gasteiger partial charge in [-0.25, -0.2) is 9.78 Å². The summed E-state index contributed by atoms with van der Waals surface area (Å²) in [4.78, 5) is 15.1. The van der Waals surface area contributed by atoms with Crippen LogP contribution in [0.25, 0.3) is 0 Å². The highest BCUT2D eigenvalue weighted by atomic mass is 32.2. The van der Waals surface area contributed by atoms with Crippen LogP contribution >= 0.6 is 11.8 Å². The summed E-state index contributed by atoms with van der Waals surface area (Å²) in [6.45, 7) is 0. The molecule has 18 heavy (non-hydrogen) atoms. The van der Waals surface area contributed by atoms with Gasteiger partial charge in [0.25, 0.3) is 0 Å². The Morgan fingerprint density at radius 3 is 3.06 bits per heavy atom. The molecule has 0 fully saturated rings. The third-order valence-electron chi connectivity index (χ3n) is 2.39. The molecule has 0 saturated heterocycles. The maximum absolute atomic E-state index is 11.0. The zero-order chi connectivity index (χ0) is 13.0. The van der Waals surface area contributed by atoms with Crippen LogP contribution in [0.15, 0.2) is 35.7 Å². The normalized spacial score (nSPS) is 10.5. The molecule has 0 amide bonds. The van der Waals surface area contributed by atoms with Crippen molar-refractivity contribution in [1.29, 1.82) is 0 Å². The molecule has 0 saturated carbocycles. The third kappa shape index (κ3) is 3.10. The zero-order valence-corrected chi connectivity index (χ0v) is 10.7. The number of pyridine rings is 1. The van der Waals surface area contributed by atoms with E-state index in [2.05, 4.69) is 10.1 Å². The van der Waals surface area contributed by atoms with Gasteiger partial charge < -0.3 is 5.11 Å². The molecular formula is C12H13N3O2S. The van der Waals surface area contributed by atoms with Crippen LogP contribution in [-0.2, 0) is 13.5 Å². The Bertz CT molecular complexity index is 554. The molecule has 0 bridgehead atoms. The maximum atomic E-state index is 11.0. The van der Waals surface area contributed by atoms with Crippen molar-refractivity contribution in [2.75, 3.05) is 5.75 Å². The molecule has 0 aromatic carbocycles. The van der Waals surface area contributed by atoms with E-state index in [1.165, 1.54) is 11.8 Å². The fourth-order valence-electron chi connectivity index (χ4n) is 1.54. The predicted octanol–water partition coefficient (Wildman–Crippen LogP) is 1.85. The molecule has 6 heteroatoms. The lowest BCUT2D eigenvalue weighted by atomic mass is 10.3. The topological polar surface area (TPSA) is 68.0 Å². The minimum atomic E-state index is -0.938. The summed E-state index contributed by atoms with van der Waals surface area (Å²) < 4.78 is 1.75. The van der Waals surface area contributed by atoms with Crippen molar-refractivity contribution in [2.45, 2.75) is 11.4 Å². The lowest BCUT2D eigenvalue weighted by Gasteiger charge is -2.03. The molecule has 0 spiro atoms. The lowest BCUT2D eigenvalue weighted by Crippen LogP contribution is -2.01. The van der Waals surface area contributed by atoms with Crippen molar-refractivity contribution in [3.8, 4) is 0 Å². The zero-order valence-electron chi connectivity index (χ0n) is 9.91. The van der Waals surface area contributed by atoms with Crippen LogP contribution in [0.2, 0.25) is 0 Å². The number of rotatable bonds is 5. The highest BCUT2D eigenvalue weighted by Gasteiger charge is 2.10. The first kappa shape index (κ1) is 12.6. The van der Waals surface area contributed by atoms with Crippen molar-refractivity contribution in [3.63, 3.8) is 0 Å². The average Bonchev–Trinajstić information content (AvgIpc) is 2.75. The first-order valence-corrected chi connectivity index (χ1v) is 6.44. The van der Waals surface area contributed by atoms with Gasteiger partial charge in [0.1, 0.15) is 5.03 Å². The quantitative estimate of drug-likeness (QED) is 0.834. The van der Waals surface area contributed by atoms with Gasteiger partial charge in [-0.05, 0) is 24.1 Å². The summed E-state index contributed by atoms with van der Waals surface area (Å²) in [6.07, 6.45) is 6.22. The van der Waals surface area contributed by atoms with Gasteiger partial charge in [-0.1, -0.05) is 0 Å². The molecule has 0 unspecified atom stereocenters. The number of hydrogen-bond acceptors (Lipinski definition) is 4. The van der Waals surface area contributed by atoms with E-state index >= 15 is 0 Å². The Morgan fingerprint density at radius 2 is 2.39 bits per heavy atom. The van der Waals surface area contributed by atoms with Gasteiger partial charge in [0.2, 0.25) is 0 Å². The predicted molar refractivity (Wildman–Crippen MR) is 68.8 cm³/mol. The van der Waals surface area contributed by atoms with Gasteiger partial charge in [0.15, 0.2) is 0 Å². The fraction of sp³-hybridized carbons (Fsp3) is 0.250. The van der Waals surface area contributed by atoms with E-state index in [1.807, 2.05) is 19.4 Å². The first-order valence-electron chi connectivity index (χ1n) is 5.45. The van der Waals surface area contributed by atoms with Crippen LogP contribution in [0.3, 0.4) is 0 Å². The number of carbonyl (C=O) groups is 1. The monoisotopic (exact) mass is 263 g/mol. The largest absolute Gasteiger partial charge is 0.478 e. The van der Waals surface area contributed by atoms with Crippen LogP contribution in [0.5, 0.6) is 0 Å². The Balaban J connectivity index is 1.96. The fourth-order valence-corrected chi connectivity index (χ4v) is 2.51. The molecule has 2 aromatic rings. The number of nitrogens with zero attached hydrogens (tertiary/aromatic N) is 3. The van der Waals surface area contributed by atoms with Gasteiger partial charge in [-0.15, -0.1) is 11.8 Å². The summed E-state index contributed by atoms with van der Waals surface area (Å²) in [7, 11) is 1.87. The van der Waals surface area contributed by atoms with Gasteiger partial charge in [0.05, 0.1) is 11.8 Å². The Morgan fingerprint density at radius 1 is 1.56 bits per heavy atom. The Kier molecular flexibility index (Phi) is 3.99. The lowest BCUT2D eigenvalue weighted by molar-refractivity contribution is 0.0692. The molecule has 2 heterocycles. The third-order valence-corrected chi connectivity index (χ3v) is 3.40. The van der Waals surface area contributed by atoms with Crippen LogP contribution in [0.1, 0.15) is 15.9 Å². The molecule has 0 aliphatic carbocycles. The number of aromatic nitrogens is 3. The maximum Gasteiger partial charge on any atom is 0.338 e. The molecule has 1 N–H and O–H groups in total. The first-order chi connectivity index (χ1) is 8.66. The van der Waals surface area contributed by atoms with E-state index in [9.17, 15) is 4.79 Å². The van der Waals surface area contributed by atoms with Crippen molar-refractivity contribution in [2.24, 2.45) is 7.05 Å². The Hall–Kier alpha value is -1.82. The Labute approximate surface area is 109 Å².